The number of methoxy groups -OCH3 is 2. The molecule has 2 aromatic carbocycles. The smallest absolute Gasteiger partial charge is 0.315 e. The summed E-state index contributed by atoms with van der Waals surface area (Å²) in [7, 11) is 3.19. The van der Waals surface area contributed by atoms with Crippen LogP contribution in [-0.2, 0) is 22.6 Å². The second kappa shape index (κ2) is 15.4. The van der Waals surface area contributed by atoms with Crippen LogP contribution in [0.15, 0.2) is 60.8 Å². The molecule has 2 aliphatic rings. The second-order valence-corrected chi connectivity index (χ2v) is 10.6. The number of piperidine rings is 1. The molecule has 2 aliphatic heterocycles. The number of carbonyl (C=O) groups is 2. The van der Waals surface area contributed by atoms with E-state index >= 15 is 0 Å². The number of likely N-dealkylation sites (tertiary alicyclic amines) is 1. The third-order valence-electron chi connectivity index (χ3n) is 7.37. The Hall–Kier alpha value is -4.39. The van der Waals surface area contributed by atoms with Crippen LogP contribution in [0.4, 0.5) is 4.79 Å². The number of aromatic nitrogens is 1. The lowest BCUT2D eigenvalue weighted by Gasteiger charge is -2.38. The van der Waals surface area contributed by atoms with Crippen molar-refractivity contribution in [1.82, 2.24) is 25.8 Å². The molecule has 1 aromatic heterocycles. The number of hydrogen-bond donors (Lipinski definition) is 3. The van der Waals surface area contributed by atoms with Crippen LogP contribution in [0.25, 0.3) is 0 Å². The maximum atomic E-state index is 13.0. The predicted molar refractivity (Wildman–Crippen MR) is 162 cm³/mol. The Balaban J connectivity index is 1.33. The van der Waals surface area contributed by atoms with Crippen LogP contribution < -0.4 is 30.2 Å². The van der Waals surface area contributed by atoms with Gasteiger partial charge in [0.2, 0.25) is 5.88 Å². The van der Waals surface area contributed by atoms with E-state index in [0.29, 0.717) is 68.0 Å². The quantitative estimate of drug-likeness (QED) is 0.348. The fourth-order valence-corrected chi connectivity index (χ4v) is 5.14. The monoisotopic (exact) mass is 605 g/mol. The highest BCUT2D eigenvalue weighted by molar-refractivity contribution is 5.95. The standard InChI is InChI=1S/C32H39N5O7/c1-40-12-13-42-26-15-24-16-27(17-26)44-25-5-3-4-22(14-25)21-43-29-20-37(19-23-6-7-30(41-2)35-18-23)11-8-28(29)36-32(39)34-10-9-33-31(24)38/h3-7,14-18,28-29H,8-13,19-21H2,1-2H3,(H,33,38)(H2,34,36,39)/t28-,29-/m0/s1. The summed E-state index contributed by atoms with van der Waals surface area (Å²) in [6.45, 7) is 3.66. The molecule has 5 rings (SSSR count). The average molecular weight is 606 g/mol. The summed E-state index contributed by atoms with van der Waals surface area (Å²) >= 11 is 0. The molecule has 12 heteroatoms. The first kappa shape index (κ1) is 31.0. The zero-order valence-corrected chi connectivity index (χ0v) is 25.0. The molecular formula is C32H39N5O7. The van der Waals surface area contributed by atoms with E-state index in [2.05, 4.69) is 25.8 Å². The zero-order valence-electron chi connectivity index (χ0n) is 25.0. The van der Waals surface area contributed by atoms with Gasteiger partial charge in [-0.2, -0.15) is 0 Å². The molecule has 0 aliphatic carbocycles. The third-order valence-corrected chi connectivity index (χ3v) is 7.37. The fraction of sp³-hybridized carbons (Fsp3) is 0.406. The highest BCUT2D eigenvalue weighted by atomic mass is 16.5. The number of carbonyl (C=O) groups excluding carboxylic acids is 2. The lowest BCUT2D eigenvalue weighted by molar-refractivity contribution is -0.0304. The molecule has 0 saturated carbocycles. The fourth-order valence-electron chi connectivity index (χ4n) is 5.14. The van der Waals surface area contributed by atoms with E-state index in [1.54, 1.807) is 32.4 Å². The van der Waals surface area contributed by atoms with Gasteiger partial charge in [0.1, 0.15) is 23.9 Å². The number of ether oxygens (including phenoxy) is 5. The summed E-state index contributed by atoms with van der Waals surface area (Å²) < 4.78 is 28.7. The van der Waals surface area contributed by atoms with Crippen molar-refractivity contribution < 1.29 is 33.3 Å². The Morgan fingerprint density at radius 1 is 1.00 bits per heavy atom. The van der Waals surface area contributed by atoms with Crippen LogP contribution in [0, 0.1) is 0 Å². The van der Waals surface area contributed by atoms with E-state index in [0.717, 1.165) is 17.7 Å². The van der Waals surface area contributed by atoms with E-state index in [-0.39, 0.29) is 37.2 Å². The molecule has 12 nitrogen and oxygen atoms in total. The van der Waals surface area contributed by atoms with Gasteiger partial charge in [0.05, 0.1) is 32.5 Å². The minimum atomic E-state index is -0.308. The summed E-state index contributed by atoms with van der Waals surface area (Å²) in [5.41, 5.74) is 2.35. The third kappa shape index (κ3) is 8.82. The van der Waals surface area contributed by atoms with Gasteiger partial charge in [-0.15, -0.1) is 0 Å². The maximum Gasteiger partial charge on any atom is 0.315 e. The number of fused-ring (bicyclic) bond motifs is 5. The molecule has 3 N–H and O–H groups in total. The van der Waals surface area contributed by atoms with Crippen LogP contribution in [0.1, 0.15) is 27.9 Å². The lowest BCUT2D eigenvalue weighted by atomic mass is 10.0. The molecule has 1 fully saturated rings. The van der Waals surface area contributed by atoms with Crippen LogP contribution >= 0.6 is 0 Å². The molecule has 1 saturated heterocycles. The van der Waals surface area contributed by atoms with E-state index < -0.39 is 0 Å². The molecule has 3 amide bonds. The van der Waals surface area contributed by atoms with E-state index in [4.69, 9.17) is 23.7 Å². The van der Waals surface area contributed by atoms with Gasteiger partial charge in [-0.25, -0.2) is 9.78 Å². The molecule has 234 valence electrons. The predicted octanol–water partition coefficient (Wildman–Crippen LogP) is 3.11. The molecule has 0 radical (unpaired) electrons. The van der Waals surface area contributed by atoms with Crippen LogP contribution in [-0.4, -0.2) is 87.6 Å². The van der Waals surface area contributed by atoms with E-state index in [1.165, 1.54) is 0 Å². The Kier molecular flexibility index (Phi) is 10.8. The SMILES string of the molecule is COCCOc1cc2cc(c1)C(=O)NCCNC(=O)N[C@H]1CCN(Cc3ccc(OC)nc3)C[C@@H]1OCc1cccc(c1)O2. The normalized spacial score (nSPS) is 19.6. The molecule has 0 spiro atoms. The number of benzene rings is 2. The van der Waals surface area contributed by atoms with Crippen molar-refractivity contribution in [2.45, 2.75) is 31.7 Å². The number of nitrogens with zero attached hydrogens (tertiary/aromatic N) is 2. The van der Waals surface area contributed by atoms with Gasteiger partial charge in [-0.3, -0.25) is 9.69 Å². The number of urea groups is 1. The minimum Gasteiger partial charge on any atom is -0.491 e. The van der Waals surface area contributed by atoms with E-state index in [1.807, 2.05) is 42.6 Å². The van der Waals surface area contributed by atoms with Crippen LogP contribution in [0.3, 0.4) is 0 Å². The van der Waals surface area contributed by atoms with Gasteiger partial charge >= 0.3 is 6.03 Å². The summed E-state index contributed by atoms with van der Waals surface area (Å²) in [6.07, 6.45) is 2.27. The number of nitrogens with one attached hydrogen (secondary N) is 3. The Morgan fingerprint density at radius 2 is 1.89 bits per heavy atom. The molecule has 3 heterocycles. The van der Waals surface area contributed by atoms with Crippen molar-refractivity contribution in [2.24, 2.45) is 0 Å². The Bertz CT molecular complexity index is 1400. The van der Waals surface area contributed by atoms with Crippen molar-refractivity contribution in [3.05, 3.63) is 77.5 Å². The van der Waals surface area contributed by atoms with Gasteiger partial charge in [0, 0.05) is 63.7 Å². The second-order valence-electron chi connectivity index (χ2n) is 10.6. The number of amides is 3. The van der Waals surface area contributed by atoms with Crippen LogP contribution in [0.5, 0.6) is 23.1 Å². The number of pyridine rings is 1. The van der Waals surface area contributed by atoms with Gasteiger partial charge < -0.3 is 39.6 Å². The Morgan fingerprint density at radius 3 is 2.70 bits per heavy atom. The van der Waals surface area contributed by atoms with Gasteiger partial charge in [-0.05, 0) is 41.8 Å². The molecule has 2 atom stereocenters. The van der Waals surface area contributed by atoms with Gasteiger partial charge in [0.25, 0.3) is 5.91 Å². The number of hydrogen-bond acceptors (Lipinski definition) is 9. The maximum absolute atomic E-state index is 13.0. The largest absolute Gasteiger partial charge is 0.491 e. The molecule has 0 unspecified atom stereocenters. The molecular weight excluding hydrogens is 566 g/mol. The van der Waals surface area contributed by atoms with E-state index in [9.17, 15) is 9.59 Å². The highest BCUT2D eigenvalue weighted by Gasteiger charge is 2.31. The molecule has 3 aromatic rings. The summed E-state index contributed by atoms with van der Waals surface area (Å²) in [4.78, 5) is 32.4. The average Bonchev–Trinajstić information content (AvgIpc) is 3.03. The topological polar surface area (TPSA) is 133 Å². The Labute approximate surface area is 257 Å². The first-order valence-corrected chi connectivity index (χ1v) is 14.7. The minimum absolute atomic E-state index is 0.190. The van der Waals surface area contributed by atoms with Crippen molar-refractivity contribution in [1.29, 1.82) is 0 Å². The van der Waals surface area contributed by atoms with Crippen molar-refractivity contribution >= 4 is 11.9 Å². The van der Waals surface area contributed by atoms with Crippen molar-refractivity contribution in [2.75, 3.05) is 53.6 Å². The summed E-state index contributed by atoms with van der Waals surface area (Å²) in [5.74, 6) is 1.80. The number of rotatable bonds is 7. The van der Waals surface area contributed by atoms with Crippen molar-refractivity contribution in [3.63, 3.8) is 0 Å². The van der Waals surface area contributed by atoms with Crippen LogP contribution in [0.2, 0.25) is 0 Å². The van der Waals surface area contributed by atoms with Gasteiger partial charge in [0.15, 0.2) is 0 Å². The first-order valence-electron chi connectivity index (χ1n) is 14.7. The van der Waals surface area contributed by atoms with Crippen molar-refractivity contribution in [3.8, 4) is 23.1 Å². The highest BCUT2D eigenvalue weighted by Crippen LogP contribution is 2.29. The summed E-state index contributed by atoms with van der Waals surface area (Å²) in [6, 6.07) is 16.0. The first-order chi connectivity index (χ1) is 21.5. The molecule has 4 bridgehead atoms. The lowest BCUT2D eigenvalue weighted by Crippen LogP contribution is -2.56. The van der Waals surface area contributed by atoms with Gasteiger partial charge in [-0.1, -0.05) is 18.2 Å². The zero-order chi connectivity index (χ0) is 30.7. The molecule has 44 heavy (non-hydrogen) atoms. The summed E-state index contributed by atoms with van der Waals surface area (Å²) in [5, 5.41) is 8.77.